The van der Waals surface area contributed by atoms with Crippen LogP contribution in [0.3, 0.4) is 0 Å². The standard InChI is InChI=1S/C16H25N3O3S2/c1-11-6-8-19(9-7-11)24(21,22)15-5-4-14(23-15)16(20)18-10-13(17)12-2-3-12/h4-5,11-13H,2-3,6-10,17H2,1H3,(H,18,20). The summed E-state index contributed by atoms with van der Waals surface area (Å²) in [5.41, 5.74) is 5.97. The normalized spacial score (nSPS) is 21.6. The summed E-state index contributed by atoms with van der Waals surface area (Å²) in [6.07, 6.45) is 4.04. The maximum Gasteiger partial charge on any atom is 0.261 e. The Hall–Kier alpha value is -0.960. The lowest BCUT2D eigenvalue weighted by Crippen LogP contribution is -2.38. The fourth-order valence-electron chi connectivity index (χ4n) is 2.92. The molecule has 8 heteroatoms. The zero-order valence-corrected chi connectivity index (χ0v) is 15.5. The molecule has 6 nitrogen and oxygen atoms in total. The van der Waals surface area contributed by atoms with Crippen LogP contribution in [-0.2, 0) is 10.0 Å². The van der Waals surface area contributed by atoms with Crippen molar-refractivity contribution in [2.24, 2.45) is 17.6 Å². The van der Waals surface area contributed by atoms with E-state index >= 15 is 0 Å². The van der Waals surface area contributed by atoms with Crippen LogP contribution in [0.4, 0.5) is 0 Å². The fourth-order valence-corrected chi connectivity index (χ4v) is 5.77. The van der Waals surface area contributed by atoms with Gasteiger partial charge in [-0.05, 0) is 49.7 Å². The highest BCUT2D eigenvalue weighted by molar-refractivity contribution is 7.91. The van der Waals surface area contributed by atoms with Gasteiger partial charge in [-0.3, -0.25) is 4.79 Å². The zero-order chi connectivity index (χ0) is 17.3. The third kappa shape index (κ3) is 3.99. The van der Waals surface area contributed by atoms with Gasteiger partial charge >= 0.3 is 0 Å². The van der Waals surface area contributed by atoms with Crippen LogP contribution in [-0.4, -0.2) is 44.3 Å². The molecule has 0 aromatic carbocycles. The zero-order valence-electron chi connectivity index (χ0n) is 13.9. The van der Waals surface area contributed by atoms with Crippen LogP contribution in [0.15, 0.2) is 16.3 Å². The lowest BCUT2D eigenvalue weighted by atomic mass is 10.0. The number of rotatable bonds is 6. The molecule has 1 unspecified atom stereocenters. The molecule has 1 amide bonds. The molecule has 1 saturated carbocycles. The van der Waals surface area contributed by atoms with Crippen molar-refractivity contribution in [2.75, 3.05) is 19.6 Å². The average molecular weight is 372 g/mol. The molecular weight excluding hydrogens is 346 g/mol. The van der Waals surface area contributed by atoms with E-state index in [1.807, 2.05) is 0 Å². The van der Waals surface area contributed by atoms with Crippen LogP contribution < -0.4 is 11.1 Å². The summed E-state index contributed by atoms with van der Waals surface area (Å²) >= 11 is 1.04. The van der Waals surface area contributed by atoms with Crippen molar-refractivity contribution in [3.63, 3.8) is 0 Å². The molecule has 1 aromatic rings. The summed E-state index contributed by atoms with van der Waals surface area (Å²) in [6.45, 7) is 3.69. The average Bonchev–Trinajstić information content (AvgIpc) is 3.28. The van der Waals surface area contributed by atoms with Gasteiger partial charge in [-0.1, -0.05) is 6.92 Å². The first kappa shape index (κ1) is 17.8. The van der Waals surface area contributed by atoms with E-state index < -0.39 is 10.0 Å². The van der Waals surface area contributed by atoms with E-state index in [0.29, 0.717) is 36.3 Å². The van der Waals surface area contributed by atoms with Crippen LogP contribution in [0.2, 0.25) is 0 Å². The van der Waals surface area contributed by atoms with E-state index in [-0.39, 0.29) is 16.2 Å². The molecule has 1 atom stereocenters. The number of carbonyl (C=O) groups excluding carboxylic acids is 1. The molecule has 2 heterocycles. The van der Waals surface area contributed by atoms with Gasteiger partial charge in [0, 0.05) is 25.7 Å². The van der Waals surface area contributed by atoms with Crippen molar-refractivity contribution in [3.8, 4) is 0 Å². The second-order valence-electron chi connectivity index (χ2n) is 6.92. The maximum absolute atomic E-state index is 12.7. The molecule has 134 valence electrons. The molecule has 24 heavy (non-hydrogen) atoms. The molecule has 1 saturated heterocycles. The Balaban J connectivity index is 1.62. The topological polar surface area (TPSA) is 92.5 Å². The van der Waals surface area contributed by atoms with E-state index in [1.165, 1.54) is 10.4 Å². The SMILES string of the molecule is CC1CCN(S(=O)(=O)c2ccc(C(=O)NCC(N)C3CC3)s2)CC1. The van der Waals surface area contributed by atoms with Gasteiger partial charge in [0.2, 0.25) is 0 Å². The predicted octanol–water partition coefficient (Wildman–Crippen LogP) is 1.64. The number of amides is 1. The highest BCUT2D eigenvalue weighted by Gasteiger charge is 2.31. The number of piperidine rings is 1. The summed E-state index contributed by atoms with van der Waals surface area (Å²) in [7, 11) is -3.49. The van der Waals surface area contributed by atoms with Crippen LogP contribution in [0, 0.1) is 11.8 Å². The summed E-state index contributed by atoms with van der Waals surface area (Å²) in [5.74, 6) is 0.840. The van der Waals surface area contributed by atoms with E-state index in [1.54, 1.807) is 6.07 Å². The fraction of sp³-hybridized carbons (Fsp3) is 0.688. The second-order valence-corrected chi connectivity index (χ2v) is 10.2. The van der Waals surface area contributed by atoms with Crippen LogP contribution in [0.25, 0.3) is 0 Å². The Morgan fingerprint density at radius 1 is 1.33 bits per heavy atom. The largest absolute Gasteiger partial charge is 0.350 e. The smallest absolute Gasteiger partial charge is 0.261 e. The highest BCUT2D eigenvalue weighted by atomic mass is 32.2. The number of nitrogens with one attached hydrogen (secondary N) is 1. The van der Waals surface area contributed by atoms with Crippen molar-refractivity contribution in [1.82, 2.24) is 9.62 Å². The summed E-state index contributed by atoms with van der Waals surface area (Å²) in [4.78, 5) is 12.6. The van der Waals surface area contributed by atoms with E-state index in [4.69, 9.17) is 5.73 Å². The summed E-state index contributed by atoms with van der Waals surface area (Å²) < 4.78 is 27.1. The van der Waals surface area contributed by atoms with Crippen molar-refractivity contribution in [2.45, 2.75) is 42.9 Å². The van der Waals surface area contributed by atoms with Crippen LogP contribution in [0.5, 0.6) is 0 Å². The molecule has 0 radical (unpaired) electrons. The molecule has 1 aromatic heterocycles. The Bertz CT molecular complexity index is 689. The van der Waals surface area contributed by atoms with E-state index in [0.717, 1.165) is 37.0 Å². The number of hydrogen-bond donors (Lipinski definition) is 2. The Morgan fingerprint density at radius 3 is 2.62 bits per heavy atom. The van der Waals surface area contributed by atoms with E-state index in [2.05, 4.69) is 12.2 Å². The third-order valence-corrected chi connectivity index (χ3v) is 8.32. The number of nitrogens with two attached hydrogens (primary N) is 1. The Kier molecular flexibility index (Phi) is 5.29. The molecule has 1 aliphatic carbocycles. The minimum absolute atomic E-state index is 0.00699. The first-order chi connectivity index (χ1) is 11.4. The minimum atomic E-state index is -3.49. The van der Waals surface area contributed by atoms with Gasteiger partial charge in [-0.15, -0.1) is 11.3 Å². The lowest BCUT2D eigenvalue weighted by molar-refractivity contribution is 0.0954. The van der Waals surface area contributed by atoms with Gasteiger partial charge in [0.25, 0.3) is 15.9 Å². The quantitative estimate of drug-likeness (QED) is 0.795. The van der Waals surface area contributed by atoms with Gasteiger partial charge in [-0.2, -0.15) is 4.31 Å². The third-order valence-electron chi connectivity index (χ3n) is 4.87. The predicted molar refractivity (Wildman–Crippen MR) is 94.5 cm³/mol. The van der Waals surface area contributed by atoms with Gasteiger partial charge in [0.05, 0.1) is 4.88 Å². The molecule has 2 aliphatic rings. The molecule has 3 rings (SSSR count). The Morgan fingerprint density at radius 2 is 2.00 bits per heavy atom. The number of carbonyl (C=O) groups is 1. The van der Waals surface area contributed by atoms with Gasteiger partial charge < -0.3 is 11.1 Å². The lowest BCUT2D eigenvalue weighted by Gasteiger charge is -2.28. The number of thiophene rings is 1. The van der Waals surface area contributed by atoms with E-state index in [9.17, 15) is 13.2 Å². The van der Waals surface area contributed by atoms with Crippen molar-refractivity contribution in [1.29, 1.82) is 0 Å². The molecule has 0 spiro atoms. The monoisotopic (exact) mass is 371 g/mol. The van der Waals surface area contributed by atoms with Gasteiger partial charge in [0.15, 0.2) is 0 Å². The van der Waals surface area contributed by atoms with Crippen LogP contribution >= 0.6 is 11.3 Å². The minimum Gasteiger partial charge on any atom is -0.350 e. The van der Waals surface area contributed by atoms with Crippen molar-refractivity contribution >= 4 is 27.3 Å². The molecule has 2 fully saturated rings. The maximum atomic E-state index is 12.7. The highest BCUT2D eigenvalue weighted by Crippen LogP contribution is 2.31. The summed E-state index contributed by atoms with van der Waals surface area (Å²) in [6, 6.07) is 3.11. The first-order valence-electron chi connectivity index (χ1n) is 8.51. The van der Waals surface area contributed by atoms with Gasteiger partial charge in [-0.25, -0.2) is 8.42 Å². The number of sulfonamides is 1. The first-order valence-corrected chi connectivity index (χ1v) is 10.8. The summed E-state index contributed by atoms with van der Waals surface area (Å²) in [5, 5.41) is 2.81. The number of nitrogens with zero attached hydrogens (tertiary/aromatic N) is 1. The molecule has 3 N–H and O–H groups in total. The molecule has 0 bridgehead atoms. The van der Waals surface area contributed by atoms with Crippen molar-refractivity contribution < 1.29 is 13.2 Å². The number of hydrogen-bond acceptors (Lipinski definition) is 5. The van der Waals surface area contributed by atoms with Crippen molar-refractivity contribution in [3.05, 3.63) is 17.0 Å². The van der Waals surface area contributed by atoms with Gasteiger partial charge in [0.1, 0.15) is 4.21 Å². The second kappa shape index (κ2) is 7.11. The molecular formula is C16H25N3O3S2. The van der Waals surface area contributed by atoms with Crippen LogP contribution in [0.1, 0.15) is 42.3 Å². The molecule has 1 aliphatic heterocycles. The Labute approximate surface area is 147 Å².